The molecule has 0 aliphatic rings. The van der Waals surface area contributed by atoms with Gasteiger partial charge in [0.1, 0.15) is 12.2 Å². The molecule has 2 heterocycles. The van der Waals surface area contributed by atoms with E-state index in [0.29, 0.717) is 11.4 Å². The summed E-state index contributed by atoms with van der Waals surface area (Å²) >= 11 is 0. The molecular formula is C12H12N2O2. The van der Waals surface area contributed by atoms with Gasteiger partial charge in [-0.3, -0.25) is 9.97 Å². The van der Waals surface area contributed by atoms with Gasteiger partial charge in [0.25, 0.3) is 0 Å². The van der Waals surface area contributed by atoms with Crippen LogP contribution in [-0.2, 0) is 0 Å². The van der Waals surface area contributed by atoms with Crippen LogP contribution < -0.4 is 0 Å². The van der Waals surface area contributed by atoms with E-state index in [2.05, 4.69) is 9.97 Å². The number of hydrogen-bond donors (Lipinski definition) is 2. The maximum absolute atomic E-state index is 9.89. The van der Waals surface area contributed by atoms with E-state index >= 15 is 0 Å². The van der Waals surface area contributed by atoms with Crippen LogP contribution in [0.15, 0.2) is 48.8 Å². The summed E-state index contributed by atoms with van der Waals surface area (Å²) in [5.74, 6) is 0. The zero-order valence-electron chi connectivity index (χ0n) is 8.56. The van der Waals surface area contributed by atoms with Crippen molar-refractivity contribution < 1.29 is 10.2 Å². The molecule has 2 atom stereocenters. The Morgan fingerprint density at radius 2 is 1.19 bits per heavy atom. The van der Waals surface area contributed by atoms with Gasteiger partial charge in [-0.25, -0.2) is 0 Å². The Morgan fingerprint density at radius 1 is 0.750 bits per heavy atom. The number of aliphatic hydroxyl groups is 2. The van der Waals surface area contributed by atoms with Crippen LogP contribution in [0.5, 0.6) is 0 Å². The van der Waals surface area contributed by atoms with E-state index < -0.39 is 12.2 Å². The first-order valence-electron chi connectivity index (χ1n) is 4.97. The highest BCUT2D eigenvalue weighted by Crippen LogP contribution is 2.25. The number of rotatable bonds is 3. The molecule has 4 heteroatoms. The molecule has 0 amide bonds. The third-order valence-corrected chi connectivity index (χ3v) is 2.28. The lowest BCUT2D eigenvalue weighted by molar-refractivity contribution is 0.0120. The summed E-state index contributed by atoms with van der Waals surface area (Å²) in [7, 11) is 0. The Balaban J connectivity index is 2.20. The summed E-state index contributed by atoms with van der Waals surface area (Å²) < 4.78 is 0. The van der Waals surface area contributed by atoms with Gasteiger partial charge in [-0.1, -0.05) is 12.1 Å². The molecule has 0 bridgehead atoms. The average Bonchev–Trinajstić information content (AvgIpc) is 2.39. The summed E-state index contributed by atoms with van der Waals surface area (Å²) in [6.45, 7) is 0. The van der Waals surface area contributed by atoms with Crippen LogP contribution >= 0.6 is 0 Å². The number of aliphatic hydroxyl groups excluding tert-OH is 2. The third-order valence-electron chi connectivity index (χ3n) is 2.28. The minimum Gasteiger partial charge on any atom is -0.384 e. The van der Waals surface area contributed by atoms with Gasteiger partial charge >= 0.3 is 0 Å². The lowest BCUT2D eigenvalue weighted by Gasteiger charge is -2.16. The predicted molar refractivity (Wildman–Crippen MR) is 58.4 cm³/mol. The Labute approximate surface area is 93.2 Å². The van der Waals surface area contributed by atoms with E-state index in [1.807, 2.05) is 0 Å². The Hall–Kier alpha value is -1.78. The molecule has 0 radical (unpaired) electrons. The first-order valence-corrected chi connectivity index (χ1v) is 4.97. The summed E-state index contributed by atoms with van der Waals surface area (Å²) in [6.07, 6.45) is 1.03. The maximum atomic E-state index is 9.89. The Morgan fingerprint density at radius 3 is 1.50 bits per heavy atom. The first-order chi connectivity index (χ1) is 7.79. The molecule has 0 aliphatic heterocycles. The van der Waals surface area contributed by atoms with E-state index in [0.717, 1.165) is 0 Å². The van der Waals surface area contributed by atoms with E-state index in [1.165, 1.54) is 0 Å². The van der Waals surface area contributed by atoms with Crippen molar-refractivity contribution >= 4 is 0 Å². The fourth-order valence-corrected chi connectivity index (χ4v) is 1.43. The first kappa shape index (κ1) is 10.7. The number of pyridine rings is 2. The van der Waals surface area contributed by atoms with Crippen molar-refractivity contribution in [3.05, 3.63) is 60.2 Å². The van der Waals surface area contributed by atoms with E-state index in [4.69, 9.17) is 0 Å². The topological polar surface area (TPSA) is 66.2 Å². The highest BCUT2D eigenvalue weighted by Gasteiger charge is 2.21. The van der Waals surface area contributed by atoms with Gasteiger partial charge in [0, 0.05) is 12.4 Å². The number of hydrogen-bond acceptors (Lipinski definition) is 4. The molecule has 2 N–H and O–H groups in total. The molecular weight excluding hydrogens is 204 g/mol. The Bertz CT molecular complexity index is 390. The molecule has 0 fully saturated rings. The van der Waals surface area contributed by atoms with E-state index in [-0.39, 0.29) is 0 Å². The van der Waals surface area contributed by atoms with Gasteiger partial charge in [0.15, 0.2) is 0 Å². The quantitative estimate of drug-likeness (QED) is 0.810. The second kappa shape index (κ2) is 4.83. The summed E-state index contributed by atoms with van der Waals surface area (Å²) in [6, 6.07) is 10.4. The molecule has 0 spiro atoms. The standard InChI is InChI=1S/C12H12N2O2/c15-11(9-5-1-3-7-13-9)12(16)10-6-2-4-8-14-10/h1-8,11-12,15-16H/t11-,12+. The van der Waals surface area contributed by atoms with Crippen LogP contribution in [0.2, 0.25) is 0 Å². The highest BCUT2D eigenvalue weighted by molar-refractivity contribution is 5.14. The second-order valence-electron chi connectivity index (χ2n) is 3.40. The highest BCUT2D eigenvalue weighted by atomic mass is 16.3. The molecule has 0 saturated heterocycles. The zero-order chi connectivity index (χ0) is 11.4. The summed E-state index contributed by atoms with van der Waals surface area (Å²) in [4.78, 5) is 7.97. The van der Waals surface area contributed by atoms with Crippen LogP contribution in [-0.4, -0.2) is 20.2 Å². The van der Waals surface area contributed by atoms with Crippen molar-refractivity contribution in [3.63, 3.8) is 0 Å². The molecule has 82 valence electrons. The van der Waals surface area contributed by atoms with Crippen LogP contribution in [0, 0.1) is 0 Å². The van der Waals surface area contributed by atoms with Crippen LogP contribution in [0.1, 0.15) is 23.6 Å². The van der Waals surface area contributed by atoms with Crippen LogP contribution in [0.25, 0.3) is 0 Å². The number of aromatic nitrogens is 2. The molecule has 0 unspecified atom stereocenters. The molecule has 16 heavy (non-hydrogen) atoms. The van der Waals surface area contributed by atoms with Crippen molar-refractivity contribution in [2.45, 2.75) is 12.2 Å². The van der Waals surface area contributed by atoms with E-state index in [1.54, 1.807) is 48.8 Å². The van der Waals surface area contributed by atoms with Crippen LogP contribution in [0.4, 0.5) is 0 Å². The van der Waals surface area contributed by atoms with Gasteiger partial charge in [0.05, 0.1) is 11.4 Å². The monoisotopic (exact) mass is 216 g/mol. The van der Waals surface area contributed by atoms with E-state index in [9.17, 15) is 10.2 Å². The Kier molecular flexibility index (Phi) is 3.24. The second-order valence-corrected chi connectivity index (χ2v) is 3.40. The van der Waals surface area contributed by atoms with Crippen molar-refractivity contribution in [1.29, 1.82) is 0 Å². The largest absolute Gasteiger partial charge is 0.384 e. The fraction of sp³-hybridized carbons (Fsp3) is 0.167. The SMILES string of the molecule is O[C@H](c1ccccn1)[C@@H](O)c1ccccn1. The van der Waals surface area contributed by atoms with Crippen molar-refractivity contribution in [2.24, 2.45) is 0 Å². The van der Waals surface area contributed by atoms with Gasteiger partial charge < -0.3 is 10.2 Å². The predicted octanol–water partition coefficient (Wildman–Crippen LogP) is 1.24. The number of nitrogens with zero attached hydrogens (tertiary/aromatic N) is 2. The lowest BCUT2D eigenvalue weighted by atomic mass is 10.1. The normalized spacial score (nSPS) is 14.4. The molecule has 0 saturated carbocycles. The van der Waals surface area contributed by atoms with Gasteiger partial charge in [-0.15, -0.1) is 0 Å². The zero-order valence-corrected chi connectivity index (χ0v) is 8.56. The molecule has 0 aromatic carbocycles. The minimum atomic E-state index is -1.06. The van der Waals surface area contributed by atoms with Crippen molar-refractivity contribution in [1.82, 2.24) is 9.97 Å². The summed E-state index contributed by atoms with van der Waals surface area (Å²) in [5.41, 5.74) is 0.862. The fourth-order valence-electron chi connectivity index (χ4n) is 1.43. The van der Waals surface area contributed by atoms with Crippen LogP contribution in [0.3, 0.4) is 0 Å². The molecule has 4 nitrogen and oxygen atoms in total. The van der Waals surface area contributed by atoms with Gasteiger partial charge in [-0.05, 0) is 24.3 Å². The van der Waals surface area contributed by atoms with Gasteiger partial charge in [-0.2, -0.15) is 0 Å². The van der Waals surface area contributed by atoms with Crippen molar-refractivity contribution in [2.75, 3.05) is 0 Å². The van der Waals surface area contributed by atoms with Gasteiger partial charge in [0.2, 0.25) is 0 Å². The maximum Gasteiger partial charge on any atom is 0.127 e. The van der Waals surface area contributed by atoms with Crippen molar-refractivity contribution in [3.8, 4) is 0 Å². The lowest BCUT2D eigenvalue weighted by Crippen LogP contribution is -2.12. The summed E-state index contributed by atoms with van der Waals surface area (Å²) in [5, 5.41) is 19.8. The third kappa shape index (κ3) is 2.24. The average molecular weight is 216 g/mol. The molecule has 0 aliphatic carbocycles. The molecule has 2 aromatic rings. The molecule has 2 aromatic heterocycles. The molecule has 2 rings (SSSR count). The smallest absolute Gasteiger partial charge is 0.127 e. The minimum absolute atomic E-state index is 0.431.